The molecule has 0 radical (unpaired) electrons. The summed E-state index contributed by atoms with van der Waals surface area (Å²) < 4.78 is 12.4. The molecule has 0 aliphatic rings. The third-order valence-electron chi connectivity index (χ3n) is 2.84. The third-order valence-corrected chi connectivity index (χ3v) is 2.84. The SMILES string of the molecule is O=[N+]([O-])c1ccc(/C(=C/c2ccco2)[n+]2ccccc2)o1. The van der Waals surface area contributed by atoms with Crippen molar-refractivity contribution in [2.24, 2.45) is 0 Å². The van der Waals surface area contributed by atoms with Crippen LogP contribution in [-0.4, -0.2) is 4.92 Å². The summed E-state index contributed by atoms with van der Waals surface area (Å²) in [5.41, 5.74) is 0.638. The molecule has 0 unspecified atom stereocenters. The van der Waals surface area contributed by atoms with Crippen molar-refractivity contribution in [2.45, 2.75) is 0 Å². The van der Waals surface area contributed by atoms with Crippen LogP contribution in [0.3, 0.4) is 0 Å². The van der Waals surface area contributed by atoms with Crippen LogP contribution in [0.4, 0.5) is 5.88 Å². The summed E-state index contributed by atoms with van der Waals surface area (Å²) in [7, 11) is 0. The van der Waals surface area contributed by atoms with Crippen molar-refractivity contribution in [1.29, 1.82) is 0 Å². The molecule has 3 rings (SSSR count). The van der Waals surface area contributed by atoms with E-state index in [4.69, 9.17) is 8.83 Å². The van der Waals surface area contributed by atoms with Gasteiger partial charge >= 0.3 is 5.88 Å². The van der Waals surface area contributed by atoms with E-state index < -0.39 is 4.92 Å². The first-order chi connectivity index (χ1) is 10.2. The Balaban J connectivity index is 2.10. The second-order valence-electron chi connectivity index (χ2n) is 4.22. The van der Waals surface area contributed by atoms with Gasteiger partial charge in [0, 0.05) is 12.1 Å². The molecule has 0 aromatic carbocycles. The maximum atomic E-state index is 10.8. The van der Waals surface area contributed by atoms with Gasteiger partial charge < -0.3 is 8.83 Å². The van der Waals surface area contributed by atoms with Gasteiger partial charge in [-0.3, -0.25) is 10.1 Å². The van der Waals surface area contributed by atoms with E-state index in [2.05, 4.69) is 0 Å². The van der Waals surface area contributed by atoms with Gasteiger partial charge in [-0.15, -0.1) is 0 Å². The molecular weight excluding hydrogens is 272 g/mol. The molecule has 0 spiro atoms. The number of nitro groups is 1. The average Bonchev–Trinajstić information content (AvgIpc) is 3.17. The Kier molecular flexibility index (Phi) is 3.34. The molecule has 3 heterocycles. The molecule has 0 saturated carbocycles. The van der Waals surface area contributed by atoms with Crippen molar-refractivity contribution in [1.82, 2.24) is 0 Å². The van der Waals surface area contributed by atoms with E-state index in [9.17, 15) is 10.1 Å². The van der Waals surface area contributed by atoms with E-state index in [1.54, 1.807) is 35.1 Å². The summed E-state index contributed by atoms with van der Waals surface area (Å²) >= 11 is 0. The van der Waals surface area contributed by atoms with Gasteiger partial charge in [0.05, 0.1) is 18.4 Å². The minimum absolute atomic E-state index is 0.299. The van der Waals surface area contributed by atoms with Gasteiger partial charge in [0.25, 0.3) is 5.70 Å². The van der Waals surface area contributed by atoms with Gasteiger partial charge in [-0.25, -0.2) is 0 Å². The van der Waals surface area contributed by atoms with Gasteiger partial charge in [-0.05, 0) is 18.2 Å². The Labute approximate surface area is 119 Å². The van der Waals surface area contributed by atoms with Crippen molar-refractivity contribution in [3.8, 4) is 0 Å². The molecule has 0 aliphatic heterocycles. The zero-order valence-electron chi connectivity index (χ0n) is 10.9. The third kappa shape index (κ3) is 2.74. The van der Waals surface area contributed by atoms with Gasteiger partial charge in [0.1, 0.15) is 10.7 Å². The predicted molar refractivity (Wildman–Crippen MR) is 74.0 cm³/mol. The van der Waals surface area contributed by atoms with Crippen LogP contribution in [0.15, 0.2) is 70.0 Å². The van der Waals surface area contributed by atoms with E-state index in [1.165, 1.54) is 6.07 Å². The van der Waals surface area contributed by atoms with Gasteiger partial charge in [0.2, 0.25) is 5.76 Å². The molecule has 0 fully saturated rings. The minimum Gasteiger partial charge on any atom is -0.465 e. The lowest BCUT2D eigenvalue weighted by atomic mass is 10.2. The van der Waals surface area contributed by atoms with E-state index in [0.717, 1.165) is 0 Å². The molecule has 3 aromatic heterocycles. The molecule has 3 aromatic rings. The van der Waals surface area contributed by atoms with Gasteiger partial charge in [0.15, 0.2) is 12.4 Å². The van der Waals surface area contributed by atoms with Crippen molar-refractivity contribution >= 4 is 17.7 Å². The Bertz CT molecular complexity index is 773. The molecule has 0 aliphatic carbocycles. The van der Waals surface area contributed by atoms with Crippen molar-refractivity contribution < 1.29 is 18.3 Å². The fourth-order valence-corrected chi connectivity index (χ4v) is 1.90. The zero-order chi connectivity index (χ0) is 14.7. The summed E-state index contributed by atoms with van der Waals surface area (Å²) in [6.07, 6.45) is 6.96. The average molecular weight is 283 g/mol. The van der Waals surface area contributed by atoms with E-state index >= 15 is 0 Å². The smallest absolute Gasteiger partial charge is 0.433 e. The summed E-state index contributed by atoms with van der Waals surface area (Å²) in [6.45, 7) is 0. The molecule has 0 bridgehead atoms. The summed E-state index contributed by atoms with van der Waals surface area (Å²) in [6, 6.07) is 12.0. The highest BCUT2D eigenvalue weighted by Crippen LogP contribution is 2.22. The van der Waals surface area contributed by atoms with Crippen molar-refractivity contribution in [3.05, 3.63) is 82.8 Å². The maximum absolute atomic E-state index is 10.8. The van der Waals surface area contributed by atoms with E-state index in [-0.39, 0.29) is 5.88 Å². The van der Waals surface area contributed by atoms with E-state index in [0.29, 0.717) is 17.2 Å². The van der Waals surface area contributed by atoms with Crippen LogP contribution >= 0.6 is 0 Å². The molecule has 21 heavy (non-hydrogen) atoms. The van der Waals surface area contributed by atoms with Crippen LogP contribution in [0, 0.1) is 10.1 Å². The number of hydrogen-bond acceptors (Lipinski definition) is 4. The van der Waals surface area contributed by atoms with Crippen LogP contribution in [0.1, 0.15) is 11.5 Å². The molecule has 6 heteroatoms. The highest BCUT2D eigenvalue weighted by Gasteiger charge is 2.21. The largest absolute Gasteiger partial charge is 0.465 e. The first kappa shape index (κ1) is 12.9. The van der Waals surface area contributed by atoms with Crippen LogP contribution in [0.25, 0.3) is 11.8 Å². The van der Waals surface area contributed by atoms with Crippen LogP contribution in [0.5, 0.6) is 0 Å². The van der Waals surface area contributed by atoms with E-state index in [1.807, 2.05) is 30.6 Å². The van der Waals surface area contributed by atoms with Gasteiger partial charge in [-0.1, -0.05) is 6.07 Å². The van der Waals surface area contributed by atoms with Crippen LogP contribution < -0.4 is 4.57 Å². The number of nitrogens with zero attached hydrogens (tertiary/aromatic N) is 2. The number of hydrogen-bond donors (Lipinski definition) is 0. The van der Waals surface area contributed by atoms with Gasteiger partial charge in [-0.2, -0.15) is 4.57 Å². The minimum atomic E-state index is -0.566. The molecule has 0 N–H and O–H groups in total. The monoisotopic (exact) mass is 283 g/mol. The molecular formula is C15H11N2O4+. The number of furan rings is 2. The summed E-state index contributed by atoms with van der Waals surface area (Å²) in [4.78, 5) is 10.2. The lowest BCUT2D eigenvalue weighted by molar-refractivity contribution is -0.579. The number of rotatable bonds is 4. The maximum Gasteiger partial charge on any atom is 0.433 e. The lowest BCUT2D eigenvalue weighted by Gasteiger charge is -1.97. The summed E-state index contributed by atoms with van der Waals surface area (Å²) in [5.74, 6) is 0.710. The Morgan fingerprint density at radius 1 is 1.14 bits per heavy atom. The standard InChI is InChI=1S/C15H11N2O4/c18-17(19)15-7-6-14(21-15)13(11-12-5-4-10-20-12)16-8-2-1-3-9-16/h1-11H/q+1/b13-11-. The molecule has 0 saturated heterocycles. The highest BCUT2D eigenvalue weighted by molar-refractivity contribution is 5.72. The molecule has 0 atom stereocenters. The quantitative estimate of drug-likeness (QED) is 0.419. The van der Waals surface area contributed by atoms with Crippen LogP contribution in [-0.2, 0) is 0 Å². The molecule has 6 nitrogen and oxygen atoms in total. The highest BCUT2D eigenvalue weighted by atomic mass is 16.6. The van der Waals surface area contributed by atoms with Crippen molar-refractivity contribution in [3.63, 3.8) is 0 Å². The Hall–Kier alpha value is -3.15. The zero-order valence-corrected chi connectivity index (χ0v) is 10.9. The number of aromatic nitrogens is 1. The molecule has 104 valence electrons. The fourth-order valence-electron chi connectivity index (χ4n) is 1.90. The van der Waals surface area contributed by atoms with Crippen molar-refractivity contribution in [2.75, 3.05) is 0 Å². The lowest BCUT2D eigenvalue weighted by Crippen LogP contribution is -2.31. The Morgan fingerprint density at radius 2 is 1.95 bits per heavy atom. The first-order valence-electron chi connectivity index (χ1n) is 6.20. The first-order valence-corrected chi connectivity index (χ1v) is 6.20. The van der Waals surface area contributed by atoms with Crippen LogP contribution in [0.2, 0.25) is 0 Å². The summed E-state index contributed by atoms with van der Waals surface area (Å²) in [5, 5.41) is 10.8. The Morgan fingerprint density at radius 3 is 2.57 bits per heavy atom. The fraction of sp³-hybridized carbons (Fsp3) is 0. The number of pyridine rings is 1. The topological polar surface area (TPSA) is 73.3 Å². The molecule has 0 amide bonds. The second-order valence-corrected chi connectivity index (χ2v) is 4.22. The normalized spacial score (nSPS) is 11.5. The second kappa shape index (κ2) is 5.46. The predicted octanol–water partition coefficient (Wildman–Crippen LogP) is 3.11.